The molecule has 6 aromatic rings. The molecular weight excluding hydrogens is 705 g/mol. The van der Waals surface area contributed by atoms with Gasteiger partial charge in [-0.3, -0.25) is 19.6 Å². The lowest BCUT2D eigenvalue weighted by atomic mass is 9.96. The topological polar surface area (TPSA) is 156 Å². The second-order valence-corrected chi connectivity index (χ2v) is 13.9. The number of H-pyrrole nitrogens is 4. The first-order chi connectivity index (χ1) is 25.8. The van der Waals surface area contributed by atoms with Gasteiger partial charge in [-0.05, 0) is 58.4 Å². The van der Waals surface area contributed by atoms with E-state index < -0.39 is 11.4 Å². The first kappa shape index (κ1) is 36.8. The lowest BCUT2D eigenvalue weighted by molar-refractivity contribution is 0.965. The molecule has 0 amide bonds. The number of thioether (sulfide) groups is 1. The average molecular weight is 743 g/mol. The Bertz CT molecular complexity index is 2680. The summed E-state index contributed by atoms with van der Waals surface area (Å²) in [7, 11) is 1.88. The zero-order valence-corrected chi connectivity index (χ0v) is 31.1. The van der Waals surface area contributed by atoms with Gasteiger partial charge in [0.15, 0.2) is 0 Å². The second-order valence-electron chi connectivity index (χ2n) is 11.9. The number of benzene rings is 2. The minimum absolute atomic E-state index is 0.341. The molecule has 0 unspecified atom stereocenters. The number of aryl methyl sites for hydroxylation is 1. The van der Waals surface area contributed by atoms with Gasteiger partial charge in [-0.25, -0.2) is 14.6 Å². The molecule has 12 heteroatoms. The number of pyridine rings is 1. The van der Waals surface area contributed by atoms with Gasteiger partial charge >= 0.3 is 11.4 Å². The van der Waals surface area contributed by atoms with Crippen LogP contribution >= 0.6 is 23.1 Å². The zero-order valence-electron chi connectivity index (χ0n) is 29.5. The predicted molar refractivity (Wildman–Crippen MR) is 220 cm³/mol. The Balaban J connectivity index is 0.000000183. The van der Waals surface area contributed by atoms with Gasteiger partial charge in [-0.2, -0.15) is 0 Å². The number of nitrogens with one attached hydrogen (secondary N) is 5. The Labute approximate surface area is 312 Å². The minimum Gasteiger partial charge on any atom is -0.388 e. The van der Waals surface area contributed by atoms with Gasteiger partial charge in [-0.15, -0.1) is 23.1 Å². The summed E-state index contributed by atoms with van der Waals surface area (Å²) in [5.41, 5.74) is 7.14. The van der Waals surface area contributed by atoms with Gasteiger partial charge in [-0.1, -0.05) is 105 Å². The lowest BCUT2D eigenvalue weighted by Crippen LogP contribution is -2.24. The van der Waals surface area contributed by atoms with Crippen LogP contribution in [-0.4, -0.2) is 37.7 Å². The van der Waals surface area contributed by atoms with Crippen molar-refractivity contribution in [3.8, 4) is 0 Å². The number of fused-ring (bicyclic) bond motifs is 4. The van der Waals surface area contributed by atoms with Crippen LogP contribution in [-0.2, 0) is 6.42 Å². The highest BCUT2D eigenvalue weighted by atomic mass is 32.2. The number of rotatable bonds is 9. The standard InChI is InChI=1S/C22H19N3O2S.C19H19N3O2S/c1-23-18(15-10-6-3-7-11-15)12-16(14-8-4-2-5-9-14)17-13-28-20-19(17)24-22(27)25-21(20)26;1-4-7-8-9-11(5-2)13-10-12(6-3)20-18-14(13)15-16(25-18)17(23)22-19(24)21-15/h2-12,23H,13H2,1H3,(H2,24,25,26,27);5,7-10H,2,4,6H2,1,3H3,(H2,21,22,23,24)/b17-16-,18-12-;8-7-,11-9+. The molecule has 0 saturated carbocycles. The Kier molecular flexibility index (Phi) is 11.5. The third-order valence-corrected chi connectivity index (χ3v) is 10.7. The second kappa shape index (κ2) is 16.6. The molecule has 10 nitrogen and oxygen atoms in total. The van der Waals surface area contributed by atoms with Crippen molar-refractivity contribution in [2.75, 3.05) is 12.8 Å². The molecule has 0 bridgehead atoms. The summed E-state index contributed by atoms with van der Waals surface area (Å²) in [4.78, 5) is 64.1. The monoisotopic (exact) mass is 742 g/mol. The number of thiophene rings is 1. The van der Waals surface area contributed by atoms with E-state index in [0.29, 0.717) is 26.6 Å². The van der Waals surface area contributed by atoms with E-state index in [-0.39, 0.29) is 11.1 Å². The maximum absolute atomic E-state index is 12.2. The molecule has 1 aliphatic rings. The number of allylic oxidation sites excluding steroid dienone is 7. The highest BCUT2D eigenvalue weighted by molar-refractivity contribution is 8.00. The third kappa shape index (κ3) is 7.93. The van der Waals surface area contributed by atoms with Crippen molar-refractivity contribution in [2.45, 2.75) is 31.6 Å². The number of aromatic nitrogens is 5. The molecule has 1 aliphatic heterocycles. The molecule has 53 heavy (non-hydrogen) atoms. The molecule has 5 heterocycles. The highest BCUT2D eigenvalue weighted by Crippen LogP contribution is 2.40. The van der Waals surface area contributed by atoms with Gasteiger partial charge in [0.2, 0.25) is 0 Å². The quantitative estimate of drug-likeness (QED) is 0.0977. The van der Waals surface area contributed by atoms with Crippen molar-refractivity contribution < 1.29 is 0 Å². The molecule has 0 saturated heterocycles. The molecular formula is C41H38N6O4S2. The summed E-state index contributed by atoms with van der Waals surface area (Å²) in [6, 6.07) is 22.0. The fourth-order valence-corrected chi connectivity index (χ4v) is 8.15. The number of aromatic amines is 4. The van der Waals surface area contributed by atoms with Gasteiger partial charge < -0.3 is 15.3 Å². The van der Waals surface area contributed by atoms with Crippen LogP contribution in [0.15, 0.2) is 128 Å². The molecule has 4 aromatic heterocycles. The SMILES string of the molecule is C=C/C(=C\C=C/CC)c1cc(CC)nc2sc3c(=O)[nH]c(=O)[nH]c3c12.CN/C(=C\C(=C1/CSc2c1[nH]c(=O)[nH]c2=O)c1ccccc1)c1ccccc1. The smallest absolute Gasteiger partial charge is 0.326 e. The summed E-state index contributed by atoms with van der Waals surface area (Å²) < 4.78 is 0.476. The van der Waals surface area contributed by atoms with Crippen LogP contribution in [0.3, 0.4) is 0 Å². The fraction of sp³-hybridized carbons (Fsp3) is 0.146. The molecule has 0 radical (unpaired) electrons. The Morgan fingerprint density at radius 2 is 1.58 bits per heavy atom. The van der Waals surface area contributed by atoms with Crippen LogP contribution in [0.1, 0.15) is 48.3 Å². The van der Waals surface area contributed by atoms with Crippen LogP contribution in [0.4, 0.5) is 0 Å². The molecule has 0 atom stereocenters. The Morgan fingerprint density at radius 3 is 2.25 bits per heavy atom. The zero-order chi connectivity index (χ0) is 37.5. The Hall–Kier alpha value is -5.98. The van der Waals surface area contributed by atoms with Crippen LogP contribution in [0, 0.1) is 0 Å². The summed E-state index contributed by atoms with van der Waals surface area (Å²) in [5, 5.41) is 4.06. The molecule has 0 fully saturated rings. The number of nitrogens with zero attached hydrogens (tertiary/aromatic N) is 1. The Morgan fingerprint density at radius 1 is 0.906 bits per heavy atom. The van der Waals surface area contributed by atoms with E-state index in [2.05, 4.69) is 55.9 Å². The summed E-state index contributed by atoms with van der Waals surface area (Å²) in [5.74, 6) is 0.616. The third-order valence-electron chi connectivity index (χ3n) is 8.54. The normalized spacial score (nSPS) is 13.9. The summed E-state index contributed by atoms with van der Waals surface area (Å²) >= 11 is 2.74. The van der Waals surface area contributed by atoms with Crippen LogP contribution in [0.25, 0.3) is 42.8 Å². The average Bonchev–Trinajstić information content (AvgIpc) is 3.76. The van der Waals surface area contributed by atoms with Gasteiger partial charge in [0.05, 0.1) is 16.1 Å². The van der Waals surface area contributed by atoms with Crippen LogP contribution in [0.2, 0.25) is 0 Å². The maximum atomic E-state index is 12.2. The molecule has 5 N–H and O–H groups in total. The van der Waals surface area contributed by atoms with E-state index in [1.807, 2.05) is 92.9 Å². The van der Waals surface area contributed by atoms with Crippen LogP contribution in [0.5, 0.6) is 0 Å². The van der Waals surface area contributed by atoms with Crippen molar-refractivity contribution in [1.82, 2.24) is 30.2 Å². The predicted octanol–water partition coefficient (Wildman–Crippen LogP) is 7.26. The van der Waals surface area contributed by atoms with Gasteiger partial charge in [0.1, 0.15) is 9.53 Å². The van der Waals surface area contributed by atoms with E-state index >= 15 is 0 Å². The van der Waals surface area contributed by atoms with Crippen molar-refractivity contribution >= 4 is 65.9 Å². The fourth-order valence-electron chi connectivity index (χ4n) is 6.00. The van der Waals surface area contributed by atoms with Gasteiger partial charge in [0, 0.05) is 29.6 Å². The summed E-state index contributed by atoms with van der Waals surface area (Å²) in [6.45, 7) is 8.03. The van der Waals surface area contributed by atoms with Crippen molar-refractivity contribution in [1.29, 1.82) is 0 Å². The number of hydrogen-bond acceptors (Lipinski definition) is 8. The molecule has 268 valence electrons. The van der Waals surface area contributed by atoms with Crippen molar-refractivity contribution in [3.05, 3.63) is 173 Å². The number of hydrogen-bond donors (Lipinski definition) is 5. The molecule has 7 rings (SSSR count). The van der Waals surface area contributed by atoms with E-state index in [0.717, 1.165) is 67.9 Å². The molecule has 2 aromatic carbocycles. The largest absolute Gasteiger partial charge is 0.388 e. The lowest BCUT2D eigenvalue weighted by Gasteiger charge is -2.13. The first-order valence-electron chi connectivity index (χ1n) is 17.1. The first-order valence-corrected chi connectivity index (χ1v) is 18.9. The molecule has 0 spiro atoms. The van der Waals surface area contributed by atoms with Crippen molar-refractivity contribution in [2.24, 2.45) is 0 Å². The van der Waals surface area contributed by atoms with E-state index in [1.54, 1.807) is 6.08 Å². The highest BCUT2D eigenvalue weighted by Gasteiger charge is 2.25. The maximum Gasteiger partial charge on any atom is 0.326 e. The summed E-state index contributed by atoms with van der Waals surface area (Å²) in [6.07, 6.45) is 11.6. The van der Waals surface area contributed by atoms with E-state index in [9.17, 15) is 19.2 Å². The van der Waals surface area contributed by atoms with E-state index in [1.165, 1.54) is 23.1 Å². The van der Waals surface area contributed by atoms with E-state index in [4.69, 9.17) is 0 Å². The van der Waals surface area contributed by atoms with Gasteiger partial charge in [0.25, 0.3) is 11.1 Å². The minimum atomic E-state index is -0.516. The molecule has 0 aliphatic carbocycles. The van der Waals surface area contributed by atoms with Crippen molar-refractivity contribution in [3.63, 3.8) is 0 Å². The van der Waals surface area contributed by atoms with Crippen LogP contribution < -0.4 is 27.8 Å².